The van der Waals surface area contributed by atoms with E-state index in [1.807, 2.05) is 12.1 Å². The van der Waals surface area contributed by atoms with E-state index in [1.54, 1.807) is 25.7 Å². The number of methoxy groups -OCH3 is 1. The lowest BCUT2D eigenvalue weighted by Crippen LogP contribution is -2.03. The largest absolute Gasteiger partial charge is 0.481 e. The average Bonchev–Trinajstić information content (AvgIpc) is 2.39. The van der Waals surface area contributed by atoms with Crippen molar-refractivity contribution in [3.8, 4) is 5.88 Å². The van der Waals surface area contributed by atoms with Gasteiger partial charge >= 0.3 is 0 Å². The Labute approximate surface area is 107 Å². The highest BCUT2D eigenvalue weighted by atomic mass is 79.9. The van der Waals surface area contributed by atoms with E-state index in [9.17, 15) is 0 Å². The number of ether oxygens (including phenoxy) is 1. The molecule has 0 aliphatic rings. The van der Waals surface area contributed by atoms with E-state index in [-0.39, 0.29) is 0 Å². The van der Waals surface area contributed by atoms with Crippen molar-refractivity contribution >= 4 is 21.9 Å². The predicted octanol–water partition coefficient (Wildman–Crippen LogP) is 2.25. The van der Waals surface area contributed by atoms with Crippen LogP contribution in [0.2, 0.25) is 0 Å². The molecule has 2 rings (SSSR count). The minimum Gasteiger partial charge on any atom is -0.481 e. The molecule has 0 fully saturated rings. The van der Waals surface area contributed by atoms with E-state index in [2.05, 4.69) is 36.2 Å². The smallest absolute Gasteiger partial charge is 0.222 e. The van der Waals surface area contributed by atoms with Crippen LogP contribution in [0, 0.1) is 0 Å². The lowest BCUT2D eigenvalue weighted by Gasteiger charge is -2.05. The molecular weight excluding hydrogens is 284 g/mol. The van der Waals surface area contributed by atoms with Crippen LogP contribution in [0.5, 0.6) is 5.88 Å². The van der Waals surface area contributed by atoms with Crippen LogP contribution in [0.4, 0.5) is 5.95 Å². The first-order chi connectivity index (χ1) is 8.28. The summed E-state index contributed by atoms with van der Waals surface area (Å²) in [5.74, 6) is 1.19. The molecule has 5 nitrogen and oxygen atoms in total. The van der Waals surface area contributed by atoms with Crippen LogP contribution in [0.1, 0.15) is 5.56 Å². The Morgan fingerprint density at radius 3 is 2.53 bits per heavy atom. The molecule has 0 bridgehead atoms. The molecule has 0 saturated carbocycles. The quantitative estimate of drug-likeness (QED) is 0.937. The Kier molecular flexibility index (Phi) is 3.87. The first kappa shape index (κ1) is 11.8. The van der Waals surface area contributed by atoms with Crippen LogP contribution < -0.4 is 10.1 Å². The Balaban J connectivity index is 1.95. The molecule has 0 aliphatic heterocycles. The minimum atomic E-state index is 0.587. The van der Waals surface area contributed by atoms with Crippen LogP contribution in [0.15, 0.2) is 35.2 Å². The zero-order valence-corrected chi connectivity index (χ0v) is 10.8. The van der Waals surface area contributed by atoms with Gasteiger partial charge in [0.15, 0.2) is 0 Å². The molecule has 0 saturated heterocycles. The van der Waals surface area contributed by atoms with Crippen LogP contribution >= 0.6 is 15.9 Å². The highest BCUT2D eigenvalue weighted by Crippen LogP contribution is 2.09. The molecule has 88 valence electrons. The molecule has 17 heavy (non-hydrogen) atoms. The van der Waals surface area contributed by atoms with Crippen molar-refractivity contribution in [1.82, 2.24) is 15.0 Å². The van der Waals surface area contributed by atoms with Crippen LogP contribution in [0.3, 0.4) is 0 Å². The topological polar surface area (TPSA) is 59.9 Å². The normalized spacial score (nSPS) is 10.0. The van der Waals surface area contributed by atoms with E-state index in [4.69, 9.17) is 4.74 Å². The third-order valence-electron chi connectivity index (χ3n) is 2.08. The van der Waals surface area contributed by atoms with Crippen LogP contribution in [0.25, 0.3) is 0 Å². The van der Waals surface area contributed by atoms with Crippen molar-refractivity contribution in [2.75, 3.05) is 12.4 Å². The number of halogens is 1. The number of pyridine rings is 1. The third-order valence-corrected chi connectivity index (χ3v) is 2.49. The summed E-state index contributed by atoms with van der Waals surface area (Å²) in [6, 6.07) is 3.76. The first-order valence-electron chi connectivity index (χ1n) is 4.98. The fourth-order valence-corrected chi connectivity index (χ4v) is 1.43. The van der Waals surface area contributed by atoms with Crippen molar-refractivity contribution in [3.05, 3.63) is 40.8 Å². The van der Waals surface area contributed by atoms with Crippen molar-refractivity contribution in [2.24, 2.45) is 0 Å². The van der Waals surface area contributed by atoms with Gasteiger partial charge in [-0.15, -0.1) is 0 Å². The maximum absolute atomic E-state index is 4.98. The van der Waals surface area contributed by atoms with Gasteiger partial charge in [-0.1, -0.05) is 6.07 Å². The molecule has 2 heterocycles. The second-order valence-corrected chi connectivity index (χ2v) is 4.20. The molecule has 0 radical (unpaired) electrons. The number of anilines is 1. The molecule has 0 aromatic carbocycles. The molecule has 2 aromatic heterocycles. The van der Waals surface area contributed by atoms with Crippen LogP contribution in [-0.4, -0.2) is 22.1 Å². The second-order valence-electron chi connectivity index (χ2n) is 3.29. The zero-order chi connectivity index (χ0) is 12.1. The van der Waals surface area contributed by atoms with Crippen molar-refractivity contribution in [2.45, 2.75) is 6.54 Å². The van der Waals surface area contributed by atoms with Gasteiger partial charge in [0.2, 0.25) is 11.8 Å². The van der Waals surface area contributed by atoms with Gasteiger partial charge in [-0.2, -0.15) is 0 Å². The zero-order valence-electron chi connectivity index (χ0n) is 9.22. The highest BCUT2D eigenvalue weighted by Gasteiger charge is 1.98. The standard InChI is InChI=1S/C11H11BrN4O/c1-17-10-3-2-8(4-13-10)5-14-11-15-6-9(12)7-16-11/h2-4,6-7H,5H2,1H3,(H,14,15,16). The van der Waals surface area contributed by atoms with Gasteiger partial charge in [0, 0.05) is 31.2 Å². The summed E-state index contributed by atoms with van der Waals surface area (Å²) >= 11 is 3.28. The molecular formula is C11H11BrN4O. The number of hydrogen-bond donors (Lipinski definition) is 1. The summed E-state index contributed by atoms with van der Waals surface area (Å²) in [7, 11) is 1.59. The van der Waals surface area contributed by atoms with Gasteiger partial charge < -0.3 is 10.1 Å². The van der Waals surface area contributed by atoms with E-state index in [0.29, 0.717) is 18.4 Å². The van der Waals surface area contributed by atoms with Gasteiger partial charge in [-0.3, -0.25) is 0 Å². The highest BCUT2D eigenvalue weighted by molar-refractivity contribution is 9.10. The van der Waals surface area contributed by atoms with Crippen molar-refractivity contribution in [3.63, 3.8) is 0 Å². The Hall–Kier alpha value is -1.69. The maximum Gasteiger partial charge on any atom is 0.222 e. The summed E-state index contributed by atoms with van der Waals surface area (Å²) in [4.78, 5) is 12.3. The minimum absolute atomic E-state index is 0.587. The van der Waals surface area contributed by atoms with Gasteiger partial charge in [0.05, 0.1) is 11.6 Å². The summed E-state index contributed by atoms with van der Waals surface area (Å²) in [6.07, 6.45) is 5.15. The summed E-state index contributed by atoms with van der Waals surface area (Å²) in [5.41, 5.74) is 1.04. The lowest BCUT2D eigenvalue weighted by atomic mass is 10.3. The lowest BCUT2D eigenvalue weighted by molar-refractivity contribution is 0.397. The number of hydrogen-bond acceptors (Lipinski definition) is 5. The summed E-state index contributed by atoms with van der Waals surface area (Å²) in [6.45, 7) is 0.624. The van der Waals surface area contributed by atoms with Crippen LogP contribution in [-0.2, 0) is 6.54 Å². The van der Waals surface area contributed by atoms with Crippen molar-refractivity contribution in [1.29, 1.82) is 0 Å². The number of rotatable bonds is 4. The second kappa shape index (κ2) is 5.58. The predicted molar refractivity (Wildman–Crippen MR) is 67.8 cm³/mol. The van der Waals surface area contributed by atoms with E-state index in [0.717, 1.165) is 10.0 Å². The molecule has 2 aromatic rings. The molecule has 1 N–H and O–H groups in total. The summed E-state index contributed by atoms with van der Waals surface area (Å²) < 4.78 is 5.84. The number of nitrogens with zero attached hydrogens (tertiary/aromatic N) is 3. The van der Waals surface area contributed by atoms with Gasteiger partial charge in [-0.05, 0) is 21.5 Å². The summed E-state index contributed by atoms with van der Waals surface area (Å²) in [5, 5.41) is 3.10. The fraction of sp³-hybridized carbons (Fsp3) is 0.182. The molecule has 0 amide bonds. The molecule has 0 unspecified atom stereocenters. The Morgan fingerprint density at radius 1 is 1.18 bits per heavy atom. The van der Waals surface area contributed by atoms with E-state index < -0.39 is 0 Å². The first-order valence-corrected chi connectivity index (χ1v) is 5.77. The maximum atomic E-state index is 4.98. The Bertz CT molecular complexity index is 472. The number of nitrogens with one attached hydrogen (secondary N) is 1. The van der Waals surface area contributed by atoms with Gasteiger partial charge in [0.25, 0.3) is 0 Å². The molecule has 0 aliphatic carbocycles. The average molecular weight is 295 g/mol. The van der Waals surface area contributed by atoms with E-state index in [1.165, 1.54) is 0 Å². The van der Waals surface area contributed by atoms with Gasteiger partial charge in [0.1, 0.15) is 0 Å². The third kappa shape index (κ3) is 3.39. The molecule has 6 heteroatoms. The molecule has 0 spiro atoms. The van der Waals surface area contributed by atoms with E-state index >= 15 is 0 Å². The SMILES string of the molecule is COc1ccc(CNc2ncc(Br)cn2)cn1. The van der Waals surface area contributed by atoms with Crippen molar-refractivity contribution < 1.29 is 4.74 Å². The number of aromatic nitrogens is 3. The molecule has 0 atom stereocenters. The van der Waals surface area contributed by atoms with Gasteiger partial charge in [-0.25, -0.2) is 15.0 Å². The monoisotopic (exact) mass is 294 g/mol. The Morgan fingerprint density at radius 2 is 1.94 bits per heavy atom. The fourth-order valence-electron chi connectivity index (χ4n) is 1.22.